The summed E-state index contributed by atoms with van der Waals surface area (Å²) in [5.74, 6) is -14.5. The highest BCUT2D eigenvalue weighted by molar-refractivity contribution is 7.92. The number of hydrogen-bond donors (Lipinski definition) is 2. The van der Waals surface area contributed by atoms with Crippen LogP contribution in [0.2, 0.25) is 0 Å². The number of azo groups is 2. The number of nitrogens with zero attached hydrogens (tertiary/aromatic N) is 6. The number of hydrogen-bond acceptors (Lipinski definition) is 9. The van der Waals surface area contributed by atoms with Gasteiger partial charge in [0.2, 0.25) is 22.4 Å². The van der Waals surface area contributed by atoms with Crippen molar-refractivity contribution < 1.29 is 102 Å². The molecule has 2 N–H and O–H groups in total. The lowest BCUT2D eigenvalue weighted by molar-refractivity contribution is -0.187. The van der Waals surface area contributed by atoms with E-state index in [-0.39, 0.29) is 12.1 Å². The van der Waals surface area contributed by atoms with Crippen LogP contribution in [0.25, 0.3) is 0 Å². The fourth-order valence-electron chi connectivity index (χ4n) is 5.34. The molecule has 0 bridgehead atoms. The van der Waals surface area contributed by atoms with Gasteiger partial charge in [0, 0.05) is 22.3 Å². The Bertz CT molecular complexity index is 2040. The fourth-order valence-corrected chi connectivity index (χ4v) is 7.15. The molecule has 0 fully saturated rings. The van der Waals surface area contributed by atoms with E-state index < -0.39 is 151 Å². The second-order valence-electron chi connectivity index (χ2n) is 12.1. The largest absolute Gasteiger partial charge is 0.615 e. The fraction of sp³-hybridized carbons (Fsp3) is 0.429. The number of carbonyl (C=O) groups is 2. The molecule has 2 amide bonds. The quantitative estimate of drug-likeness (QED) is 0.220. The minimum Gasteiger partial charge on any atom is -0.615 e. The first-order valence-corrected chi connectivity index (χ1v) is 16.3. The van der Waals surface area contributed by atoms with Crippen LogP contribution in [0.15, 0.2) is 54.7 Å². The first-order valence-electron chi connectivity index (χ1n) is 15.0. The van der Waals surface area contributed by atoms with Crippen molar-refractivity contribution in [1.82, 2.24) is 10.6 Å². The van der Waals surface area contributed by atoms with Crippen LogP contribution in [-0.4, -0.2) is 65.3 Å². The first-order chi connectivity index (χ1) is 26.9. The monoisotopic (exact) mass is 922 g/mol. The molecule has 2 heterocycles. The molecule has 4 unspecified atom stereocenters. The third kappa shape index (κ3) is 8.82. The van der Waals surface area contributed by atoms with Gasteiger partial charge in [0.15, 0.2) is 0 Å². The number of carbonyl (C=O) groups excluding carboxylic acids is 2. The molecule has 2 aromatic carbocycles. The highest BCUT2D eigenvalue weighted by Gasteiger charge is 2.65. The van der Waals surface area contributed by atoms with Crippen LogP contribution in [-0.2, 0) is 32.1 Å². The Morgan fingerprint density at radius 1 is 0.583 bits per heavy atom. The topological polar surface area (TPSA) is 155 Å². The van der Waals surface area contributed by atoms with Crippen LogP contribution in [0.1, 0.15) is 43.9 Å². The van der Waals surface area contributed by atoms with Gasteiger partial charge in [-0.2, -0.15) is 79.0 Å². The van der Waals surface area contributed by atoms with Crippen molar-refractivity contribution in [2.45, 2.75) is 72.7 Å². The Labute approximate surface area is 320 Å². The molecule has 330 valence electrons. The predicted octanol–water partition coefficient (Wildman–Crippen LogP) is 8.67. The molecule has 4 rings (SSSR count). The molecule has 11 nitrogen and oxygen atoms in total. The maximum absolute atomic E-state index is 15.3. The zero-order valence-corrected chi connectivity index (χ0v) is 29.2. The van der Waals surface area contributed by atoms with Crippen molar-refractivity contribution in [2.24, 2.45) is 30.4 Å². The van der Waals surface area contributed by atoms with Gasteiger partial charge in [-0.25, -0.2) is 18.8 Å². The highest BCUT2D eigenvalue weighted by atomic mass is 32.2. The third-order valence-electron chi connectivity index (χ3n) is 7.96. The zero-order valence-electron chi connectivity index (χ0n) is 28.3. The van der Waals surface area contributed by atoms with E-state index in [1.54, 1.807) is 0 Å². The van der Waals surface area contributed by atoms with E-state index in [1.165, 1.54) is 0 Å². The van der Waals surface area contributed by atoms with Crippen molar-refractivity contribution in [3.8, 4) is 0 Å². The maximum atomic E-state index is 15.3. The van der Waals surface area contributed by atoms with Crippen LogP contribution < -0.4 is 10.6 Å². The van der Waals surface area contributed by atoms with Crippen LogP contribution in [0.5, 0.6) is 0 Å². The van der Waals surface area contributed by atoms with Gasteiger partial charge in [0.25, 0.3) is 11.3 Å². The van der Waals surface area contributed by atoms with Crippen LogP contribution in [0, 0.1) is 25.5 Å². The van der Waals surface area contributed by atoms with Crippen molar-refractivity contribution in [2.75, 3.05) is 0 Å². The molecule has 60 heavy (non-hydrogen) atoms. The molecule has 0 aliphatic carbocycles. The van der Waals surface area contributed by atoms with Gasteiger partial charge in [-0.3, -0.25) is 20.2 Å². The molecule has 0 saturated carbocycles. The molecule has 0 saturated heterocycles. The Balaban J connectivity index is 1.97. The van der Waals surface area contributed by atoms with Gasteiger partial charge in [-0.15, -0.1) is 20.5 Å². The smallest absolute Gasteiger partial charge is 0.471 e. The number of amides is 2. The van der Waals surface area contributed by atoms with Crippen molar-refractivity contribution in [3.63, 3.8) is 0 Å². The van der Waals surface area contributed by atoms with Crippen molar-refractivity contribution >= 4 is 34.9 Å². The van der Waals surface area contributed by atoms with Crippen LogP contribution in [0.3, 0.4) is 0 Å². The van der Waals surface area contributed by atoms with Gasteiger partial charge >= 0.3 is 48.9 Å². The minimum atomic E-state index is -6.33. The Hall–Kier alpha value is -5.17. The van der Waals surface area contributed by atoms with Gasteiger partial charge in [-0.05, 0) is 60.4 Å². The molecular formula is C28H14F20N8O3S. The Morgan fingerprint density at radius 2 is 0.883 bits per heavy atom. The van der Waals surface area contributed by atoms with E-state index in [4.69, 9.17) is 0 Å². The predicted molar refractivity (Wildman–Crippen MR) is 156 cm³/mol. The molecule has 2 aromatic rings. The van der Waals surface area contributed by atoms with E-state index >= 15 is 8.78 Å². The standard InChI is InChI=1S/C28H14F20N8O3S/c1-7-3-13(29)11(21(27(43,44)45)51-19(53-55-21)49-17(57)25(37,38)39)5-9(7)15(23(31,32)33)60(59)16(24(34,35)36)10-6-12(14(30)4-8(10)2)22(28(46,47)48)52-20(54-56-22)50-18(58)26(40,41)42/h3-6,15-16H,1-2H3,(H,49,51,57)(H,50,52,58). The molecule has 0 aromatic heterocycles. The van der Waals surface area contributed by atoms with Crippen LogP contribution in [0.4, 0.5) is 87.8 Å². The van der Waals surface area contributed by atoms with Gasteiger partial charge in [-0.1, -0.05) is 0 Å². The SMILES string of the molecule is Cc1cc(F)c(C2(C(F)(F)F)N=NC(NC(=O)C(F)(F)F)=N2)cc1C([S+]([O-])C(c1cc(C2(C(F)(F)F)N=NC(NC(=O)C(F)(F)F)=N2)c(F)cc1C)C(F)(F)F)C(F)(F)F. The summed E-state index contributed by atoms with van der Waals surface area (Å²) in [6.07, 6.45) is -36.7. The number of nitrogens with one attached hydrogen (secondary N) is 2. The average Bonchev–Trinajstić information content (AvgIpc) is 3.67. The van der Waals surface area contributed by atoms with E-state index in [1.807, 2.05) is 0 Å². The van der Waals surface area contributed by atoms with E-state index in [0.717, 1.165) is 0 Å². The average molecular weight is 923 g/mol. The molecule has 4 atom stereocenters. The second-order valence-corrected chi connectivity index (χ2v) is 13.7. The van der Waals surface area contributed by atoms with Gasteiger partial charge in [0.1, 0.15) is 11.6 Å². The van der Waals surface area contributed by atoms with E-state index in [9.17, 15) is 93.2 Å². The molecular weight excluding hydrogens is 908 g/mol. The minimum absolute atomic E-state index is 0.222. The van der Waals surface area contributed by atoms with Gasteiger partial charge in [0.05, 0.1) is 0 Å². The third-order valence-corrected chi connectivity index (χ3v) is 9.93. The molecule has 2 aliphatic rings. The van der Waals surface area contributed by atoms with E-state index in [0.29, 0.717) is 24.5 Å². The summed E-state index contributed by atoms with van der Waals surface area (Å²) >= 11 is -4.81. The summed E-state index contributed by atoms with van der Waals surface area (Å²) in [6, 6.07) is -1.52. The lowest BCUT2D eigenvalue weighted by atomic mass is 9.93. The molecule has 0 radical (unpaired) electrons. The van der Waals surface area contributed by atoms with E-state index in [2.05, 4.69) is 30.4 Å². The van der Waals surface area contributed by atoms with Crippen molar-refractivity contribution in [1.29, 1.82) is 0 Å². The second kappa shape index (κ2) is 15.1. The summed E-state index contributed by atoms with van der Waals surface area (Å²) < 4.78 is 296. The zero-order chi connectivity index (χ0) is 46.1. The number of benzene rings is 2. The Kier molecular flexibility index (Phi) is 11.9. The summed E-state index contributed by atoms with van der Waals surface area (Å²) in [5, 5.41) is 2.94. The highest BCUT2D eigenvalue weighted by Crippen LogP contribution is 2.55. The van der Waals surface area contributed by atoms with Gasteiger partial charge < -0.3 is 4.55 Å². The summed E-state index contributed by atoms with van der Waals surface area (Å²) in [6.45, 7) is 0.837. The van der Waals surface area contributed by atoms with Crippen molar-refractivity contribution in [3.05, 3.63) is 69.3 Å². The number of alkyl halides is 18. The summed E-state index contributed by atoms with van der Waals surface area (Å²) in [4.78, 5) is 27.6. The number of guanidine groups is 2. The summed E-state index contributed by atoms with van der Waals surface area (Å²) in [7, 11) is 0. The number of aliphatic imine (C=N–C) groups is 2. The molecule has 32 heteroatoms. The van der Waals surface area contributed by atoms with Crippen LogP contribution >= 0.6 is 0 Å². The normalized spacial score (nSPS) is 21.7. The Morgan fingerprint density at radius 3 is 1.13 bits per heavy atom. The number of rotatable bonds is 6. The molecule has 2 aliphatic heterocycles. The first kappa shape index (κ1) is 47.5. The lowest BCUT2D eigenvalue weighted by Gasteiger charge is -2.34. The lowest BCUT2D eigenvalue weighted by Crippen LogP contribution is -2.43. The number of aryl methyl sites for hydroxylation is 2. The summed E-state index contributed by atoms with van der Waals surface area (Å²) in [5.41, 5.74) is -20.2. The number of halogens is 20. The molecule has 0 spiro atoms. The maximum Gasteiger partial charge on any atom is 0.471 e.